The van der Waals surface area contributed by atoms with E-state index in [0.717, 1.165) is 11.1 Å². The van der Waals surface area contributed by atoms with Gasteiger partial charge in [0, 0.05) is 13.0 Å². The molecule has 3 N–H and O–H groups in total. The molecule has 0 aliphatic heterocycles. The molecule has 21 heavy (non-hydrogen) atoms. The highest BCUT2D eigenvalue weighted by Gasteiger charge is 2.45. The number of aliphatic hydroxyl groups is 1. The van der Waals surface area contributed by atoms with Gasteiger partial charge in [0.05, 0.1) is 0 Å². The molecule has 0 amide bonds. The number of ether oxygens (including phenoxy) is 1. The van der Waals surface area contributed by atoms with Crippen molar-refractivity contribution in [2.75, 3.05) is 6.54 Å². The van der Waals surface area contributed by atoms with Gasteiger partial charge in [0.15, 0.2) is 6.10 Å². The van der Waals surface area contributed by atoms with E-state index in [-0.39, 0.29) is 12.4 Å². The third-order valence-corrected chi connectivity index (χ3v) is 4.06. The van der Waals surface area contributed by atoms with E-state index >= 15 is 0 Å². The van der Waals surface area contributed by atoms with Crippen LogP contribution in [0.1, 0.15) is 22.8 Å². The van der Waals surface area contributed by atoms with Gasteiger partial charge in [-0.15, -0.1) is 0 Å². The van der Waals surface area contributed by atoms with E-state index in [1.54, 1.807) is 13.0 Å². The van der Waals surface area contributed by atoms with Crippen LogP contribution in [-0.2, 0) is 6.42 Å². The summed E-state index contributed by atoms with van der Waals surface area (Å²) in [5.41, 5.74) is 7.30. The van der Waals surface area contributed by atoms with Crippen molar-refractivity contribution in [1.29, 1.82) is 0 Å². The van der Waals surface area contributed by atoms with E-state index < -0.39 is 11.7 Å². The van der Waals surface area contributed by atoms with Crippen LogP contribution in [0.5, 0.6) is 5.75 Å². The molecule has 0 fully saturated rings. The maximum Gasteiger partial charge on any atom is 0.154 e. The lowest BCUT2D eigenvalue weighted by Crippen LogP contribution is -2.44. The Morgan fingerprint density at radius 1 is 1.33 bits per heavy atom. The second kappa shape index (κ2) is 5.13. The van der Waals surface area contributed by atoms with Crippen LogP contribution in [-0.4, -0.2) is 17.3 Å². The summed E-state index contributed by atoms with van der Waals surface area (Å²) in [5, 5.41) is 10.8. The minimum absolute atomic E-state index is 0.104. The maximum atomic E-state index is 13.2. The van der Waals surface area contributed by atoms with Gasteiger partial charge in [0.1, 0.15) is 17.2 Å². The SMILES string of the molecule is Cc1cc(F)ccc1OC1c2ccccc2CC1(O)CN. The van der Waals surface area contributed by atoms with Crippen LogP contribution in [0.2, 0.25) is 0 Å². The van der Waals surface area contributed by atoms with Crippen molar-refractivity contribution in [2.45, 2.75) is 25.0 Å². The molecule has 3 nitrogen and oxygen atoms in total. The first-order valence-corrected chi connectivity index (χ1v) is 6.96. The van der Waals surface area contributed by atoms with Gasteiger partial charge in [-0.05, 0) is 41.8 Å². The average molecular weight is 287 g/mol. The topological polar surface area (TPSA) is 55.5 Å². The van der Waals surface area contributed by atoms with Crippen molar-refractivity contribution in [3.63, 3.8) is 0 Å². The van der Waals surface area contributed by atoms with Crippen molar-refractivity contribution in [1.82, 2.24) is 0 Å². The highest BCUT2D eigenvalue weighted by Crippen LogP contribution is 2.42. The summed E-state index contributed by atoms with van der Waals surface area (Å²) >= 11 is 0. The number of halogens is 1. The number of rotatable bonds is 3. The molecular weight excluding hydrogens is 269 g/mol. The minimum atomic E-state index is -1.13. The molecule has 0 bridgehead atoms. The third kappa shape index (κ3) is 2.41. The first kappa shape index (κ1) is 14.0. The van der Waals surface area contributed by atoms with Gasteiger partial charge in [-0.2, -0.15) is 0 Å². The molecule has 0 saturated carbocycles. The fourth-order valence-electron chi connectivity index (χ4n) is 2.89. The summed E-state index contributed by atoms with van der Waals surface area (Å²) in [5.74, 6) is 0.255. The molecule has 1 aliphatic rings. The summed E-state index contributed by atoms with van der Waals surface area (Å²) < 4.78 is 19.2. The molecule has 3 rings (SSSR count). The fourth-order valence-corrected chi connectivity index (χ4v) is 2.89. The van der Waals surface area contributed by atoms with Gasteiger partial charge in [-0.25, -0.2) is 4.39 Å². The molecule has 0 heterocycles. The Kier molecular flexibility index (Phi) is 3.43. The maximum absolute atomic E-state index is 13.2. The normalized spacial score (nSPS) is 23.9. The van der Waals surface area contributed by atoms with Crippen LogP contribution < -0.4 is 10.5 Å². The largest absolute Gasteiger partial charge is 0.482 e. The lowest BCUT2D eigenvalue weighted by atomic mass is 9.97. The van der Waals surface area contributed by atoms with Crippen molar-refractivity contribution < 1.29 is 14.2 Å². The standard InChI is InChI=1S/C17H18FNO2/c1-11-8-13(18)6-7-15(11)21-16-14-5-3-2-4-12(14)9-17(16,20)10-19/h2-8,16,20H,9-10,19H2,1H3. The van der Waals surface area contributed by atoms with Gasteiger partial charge in [-0.3, -0.25) is 0 Å². The summed E-state index contributed by atoms with van der Waals surface area (Å²) in [6.07, 6.45) is -0.0761. The van der Waals surface area contributed by atoms with E-state index in [1.807, 2.05) is 24.3 Å². The van der Waals surface area contributed by atoms with Crippen LogP contribution in [0, 0.1) is 12.7 Å². The minimum Gasteiger partial charge on any atom is -0.482 e. The Hall–Kier alpha value is -1.91. The molecule has 4 heteroatoms. The first-order valence-electron chi connectivity index (χ1n) is 6.96. The Balaban J connectivity index is 1.99. The lowest BCUT2D eigenvalue weighted by Gasteiger charge is -2.30. The molecule has 0 saturated heterocycles. The summed E-state index contributed by atoms with van der Waals surface area (Å²) in [6, 6.07) is 12.1. The number of nitrogens with two attached hydrogens (primary N) is 1. The van der Waals surface area contributed by atoms with Crippen LogP contribution in [0.3, 0.4) is 0 Å². The summed E-state index contributed by atoms with van der Waals surface area (Å²) in [6.45, 7) is 1.88. The zero-order valence-electron chi connectivity index (χ0n) is 11.8. The van der Waals surface area contributed by atoms with E-state index in [1.165, 1.54) is 12.1 Å². The quantitative estimate of drug-likeness (QED) is 0.912. The Morgan fingerprint density at radius 2 is 2.10 bits per heavy atom. The molecule has 1 aliphatic carbocycles. The zero-order valence-corrected chi connectivity index (χ0v) is 11.8. The second-order valence-electron chi connectivity index (χ2n) is 5.59. The molecule has 110 valence electrons. The van der Waals surface area contributed by atoms with Crippen LogP contribution >= 0.6 is 0 Å². The molecule has 2 unspecified atom stereocenters. The fraction of sp³-hybridized carbons (Fsp3) is 0.294. The number of fused-ring (bicyclic) bond motifs is 1. The molecule has 2 atom stereocenters. The van der Waals surface area contributed by atoms with Gasteiger partial charge in [0.2, 0.25) is 0 Å². The van der Waals surface area contributed by atoms with Gasteiger partial charge >= 0.3 is 0 Å². The Labute approximate surface area is 123 Å². The van der Waals surface area contributed by atoms with Gasteiger partial charge in [0.25, 0.3) is 0 Å². The third-order valence-electron chi connectivity index (χ3n) is 4.06. The van der Waals surface area contributed by atoms with E-state index in [2.05, 4.69) is 0 Å². The summed E-state index contributed by atoms with van der Waals surface area (Å²) in [7, 11) is 0. The highest BCUT2D eigenvalue weighted by atomic mass is 19.1. The van der Waals surface area contributed by atoms with E-state index in [9.17, 15) is 9.50 Å². The molecule has 2 aromatic rings. The Bertz CT molecular complexity index is 674. The Morgan fingerprint density at radius 3 is 2.81 bits per heavy atom. The number of hydrogen-bond acceptors (Lipinski definition) is 3. The number of benzene rings is 2. The first-order chi connectivity index (χ1) is 10.0. The zero-order chi connectivity index (χ0) is 15.0. The van der Waals surface area contributed by atoms with E-state index in [0.29, 0.717) is 17.7 Å². The molecule has 0 radical (unpaired) electrons. The van der Waals surface area contributed by atoms with Crippen molar-refractivity contribution >= 4 is 0 Å². The molecular formula is C17H18FNO2. The molecule has 2 aromatic carbocycles. The molecule has 0 spiro atoms. The van der Waals surface area contributed by atoms with E-state index in [4.69, 9.17) is 10.5 Å². The van der Waals surface area contributed by atoms with Crippen LogP contribution in [0.25, 0.3) is 0 Å². The smallest absolute Gasteiger partial charge is 0.154 e. The predicted molar refractivity (Wildman–Crippen MR) is 78.7 cm³/mol. The molecule has 0 aromatic heterocycles. The summed E-state index contributed by atoms with van der Waals surface area (Å²) in [4.78, 5) is 0. The average Bonchev–Trinajstić information content (AvgIpc) is 2.75. The monoisotopic (exact) mass is 287 g/mol. The van der Waals surface area contributed by atoms with Crippen LogP contribution in [0.15, 0.2) is 42.5 Å². The van der Waals surface area contributed by atoms with Crippen molar-refractivity contribution in [2.24, 2.45) is 5.73 Å². The lowest BCUT2D eigenvalue weighted by molar-refractivity contribution is -0.0440. The number of hydrogen-bond donors (Lipinski definition) is 2. The highest BCUT2D eigenvalue weighted by molar-refractivity contribution is 5.41. The second-order valence-corrected chi connectivity index (χ2v) is 5.59. The van der Waals surface area contributed by atoms with Gasteiger partial charge in [-0.1, -0.05) is 24.3 Å². The van der Waals surface area contributed by atoms with Crippen molar-refractivity contribution in [3.8, 4) is 5.75 Å². The van der Waals surface area contributed by atoms with Crippen molar-refractivity contribution in [3.05, 3.63) is 65.0 Å². The number of aryl methyl sites for hydroxylation is 1. The van der Waals surface area contributed by atoms with Gasteiger partial charge < -0.3 is 15.6 Å². The van der Waals surface area contributed by atoms with Crippen LogP contribution in [0.4, 0.5) is 4.39 Å². The predicted octanol–water partition coefficient (Wildman–Crippen LogP) is 2.50.